The predicted molar refractivity (Wildman–Crippen MR) is 90.7 cm³/mol. The molecule has 0 aliphatic carbocycles. The van der Waals surface area contributed by atoms with E-state index in [-0.39, 0.29) is 18.2 Å². The van der Waals surface area contributed by atoms with E-state index in [1.165, 1.54) is 11.1 Å². The minimum atomic E-state index is -0.0309. The van der Waals surface area contributed by atoms with Crippen LogP contribution in [0.3, 0.4) is 0 Å². The lowest BCUT2D eigenvalue weighted by Gasteiger charge is -2.33. The largest absolute Gasteiger partial charge is 0.382 e. The summed E-state index contributed by atoms with van der Waals surface area (Å²) in [4.78, 5) is 14.3. The van der Waals surface area contributed by atoms with Crippen molar-refractivity contribution < 1.29 is 14.3 Å². The fraction of sp³-hybridized carbons (Fsp3) is 0.611. The van der Waals surface area contributed by atoms with Crippen LogP contribution in [0.1, 0.15) is 24.5 Å². The number of morpholine rings is 1. The van der Waals surface area contributed by atoms with Gasteiger partial charge in [-0.25, -0.2) is 4.79 Å². The van der Waals surface area contributed by atoms with Gasteiger partial charge in [-0.3, -0.25) is 0 Å². The third-order valence-electron chi connectivity index (χ3n) is 4.20. The van der Waals surface area contributed by atoms with E-state index < -0.39 is 0 Å². The van der Waals surface area contributed by atoms with Gasteiger partial charge in [-0.1, -0.05) is 36.8 Å². The van der Waals surface area contributed by atoms with E-state index in [2.05, 4.69) is 43.4 Å². The Labute approximate surface area is 139 Å². The number of ether oxygens (including phenoxy) is 2. The summed E-state index contributed by atoms with van der Waals surface area (Å²) in [6, 6.07) is 8.63. The number of aryl methyl sites for hydroxylation is 1. The second-order valence-corrected chi connectivity index (χ2v) is 6.14. The van der Waals surface area contributed by atoms with E-state index in [0.29, 0.717) is 26.3 Å². The Kier molecular flexibility index (Phi) is 6.86. The van der Waals surface area contributed by atoms with Crippen molar-refractivity contribution in [2.45, 2.75) is 38.8 Å². The Balaban J connectivity index is 1.87. The van der Waals surface area contributed by atoms with Gasteiger partial charge in [0.05, 0.1) is 25.9 Å². The van der Waals surface area contributed by atoms with Crippen molar-refractivity contribution in [3.8, 4) is 0 Å². The van der Waals surface area contributed by atoms with Gasteiger partial charge in [0, 0.05) is 19.7 Å². The molecule has 0 saturated carbocycles. The molecule has 5 heteroatoms. The van der Waals surface area contributed by atoms with E-state index in [4.69, 9.17) is 9.47 Å². The molecule has 2 atom stereocenters. The van der Waals surface area contributed by atoms with E-state index in [1.807, 2.05) is 4.90 Å². The number of amides is 2. The average Bonchev–Trinajstić information content (AvgIpc) is 2.56. The molecule has 1 saturated heterocycles. The monoisotopic (exact) mass is 320 g/mol. The molecular formula is C18H28N2O3. The number of rotatable bonds is 6. The highest BCUT2D eigenvalue weighted by Gasteiger charge is 2.25. The van der Waals surface area contributed by atoms with E-state index in [9.17, 15) is 4.79 Å². The summed E-state index contributed by atoms with van der Waals surface area (Å²) in [6.07, 6.45) is 1.73. The van der Waals surface area contributed by atoms with Crippen molar-refractivity contribution in [1.82, 2.24) is 10.2 Å². The molecule has 0 spiro atoms. The van der Waals surface area contributed by atoms with Crippen molar-refractivity contribution in [1.29, 1.82) is 0 Å². The molecule has 1 aromatic rings. The summed E-state index contributed by atoms with van der Waals surface area (Å²) in [5, 5.41) is 3.15. The molecule has 5 nitrogen and oxygen atoms in total. The first-order valence-corrected chi connectivity index (χ1v) is 8.34. The van der Waals surface area contributed by atoms with Crippen LogP contribution in [0, 0.1) is 6.92 Å². The summed E-state index contributed by atoms with van der Waals surface area (Å²) in [5.74, 6) is 0. The molecule has 0 aromatic heterocycles. The number of urea groups is 1. The van der Waals surface area contributed by atoms with Crippen molar-refractivity contribution >= 4 is 6.03 Å². The number of nitrogens with one attached hydrogen (secondary N) is 1. The number of hydrogen-bond acceptors (Lipinski definition) is 3. The Bertz CT molecular complexity index is 488. The number of hydrogen-bond donors (Lipinski definition) is 1. The standard InChI is InChI=1S/C18H28N2O3/c1-4-16(11-15-7-5-14(2)6-8-15)19-18(21)20-9-10-23-17(12-20)13-22-3/h5-8,16-17H,4,9-13H2,1-3H3,(H,19,21)/t16-,17+/m1/s1. The van der Waals surface area contributed by atoms with Crippen LogP contribution in [0.4, 0.5) is 4.79 Å². The molecule has 0 unspecified atom stereocenters. The summed E-state index contributed by atoms with van der Waals surface area (Å²) < 4.78 is 10.7. The van der Waals surface area contributed by atoms with Crippen LogP contribution in [0.5, 0.6) is 0 Å². The van der Waals surface area contributed by atoms with E-state index >= 15 is 0 Å². The first-order chi connectivity index (χ1) is 11.1. The molecule has 128 valence electrons. The number of benzene rings is 1. The molecule has 1 N–H and O–H groups in total. The van der Waals surface area contributed by atoms with Crippen molar-refractivity contribution in [3.05, 3.63) is 35.4 Å². The average molecular weight is 320 g/mol. The van der Waals surface area contributed by atoms with Crippen LogP contribution >= 0.6 is 0 Å². The second-order valence-electron chi connectivity index (χ2n) is 6.14. The fourth-order valence-corrected chi connectivity index (χ4v) is 2.76. The molecule has 2 rings (SSSR count). The zero-order valence-corrected chi connectivity index (χ0v) is 14.4. The maximum atomic E-state index is 12.5. The normalized spacial score (nSPS) is 19.4. The Morgan fingerprint density at radius 3 is 2.83 bits per heavy atom. The number of methoxy groups -OCH3 is 1. The van der Waals surface area contributed by atoms with Gasteiger partial charge in [0.15, 0.2) is 0 Å². The van der Waals surface area contributed by atoms with Crippen molar-refractivity contribution in [2.24, 2.45) is 0 Å². The molecule has 0 bridgehead atoms. The molecule has 23 heavy (non-hydrogen) atoms. The van der Waals surface area contributed by atoms with Crippen LogP contribution < -0.4 is 5.32 Å². The van der Waals surface area contributed by atoms with Gasteiger partial charge in [-0.2, -0.15) is 0 Å². The van der Waals surface area contributed by atoms with Crippen LogP contribution in [-0.4, -0.2) is 56.5 Å². The Hall–Kier alpha value is -1.59. The topological polar surface area (TPSA) is 50.8 Å². The molecule has 1 aliphatic rings. The lowest BCUT2D eigenvalue weighted by atomic mass is 10.0. The number of nitrogens with zero attached hydrogens (tertiary/aromatic N) is 1. The summed E-state index contributed by atoms with van der Waals surface area (Å²) in [7, 11) is 1.65. The Morgan fingerprint density at radius 1 is 1.43 bits per heavy atom. The zero-order valence-electron chi connectivity index (χ0n) is 14.4. The molecular weight excluding hydrogens is 292 g/mol. The quantitative estimate of drug-likeness (QED) is 0.875. The predicted octanol–water partition coefficient (Wildman–Crippen LogP) is 2.37. The number of carbonyl (C=O) groups is 1. The van der Waals surface area contributed by atoms with Gasteiger partial charge in [0.2, 0.25) is 0 Å². The highest BCUT2D eigenvalue weighted by Crippen LogP contribution is 2.10. The lowest BCUT2D eigenvalue weighted by molar-refractivity contribution is -0.0496. The SMILES string of the molecule is CC[C@H](Cc1ccc(C)cc1)NC(=O)N1CCO[C@H](COC)C1. The number of carbonyl (C=O) groups excluding carboxylic acids is 1. The smallest absolute Gasteiger partial charge is 0.317 e. The molecule has 1 heterocycles. The van der Waals surface area contributed by atoms with Gasteiger partial charge >= 0.3 is 6.03 Å². The van der Waals surface area contributed by atoms with Gasteiger partial charge in [0.25, 0.3) is 0 Å². The maximum Gasteiger partial charge on any atom is 0.317 e. The van der Waals surface area contributed by atoms with Gasteiger partial charge < -0.3 is 19.7 Å². The molecule has 2 amide bonds. The minimum absolute atomic E-state index is 0.00614. The van der Waals surface area contributed by atoms with Gasteiger partial charge in [-0.15, -0.1) is 0 Å². The van der Waals surface area contributed by atoms with Gasteiger partial charge in [0.1, 0.15) is 0 Å². The molecule has 0 radical (unpaired) electrons. The maximum absolute atomic E-state index is 12.5. The summed E-state index contributed by atoms with van der Waals surface area (Å²) in [6.45, 7) is 6.48. The molecule has 1 fully saturated rings. The van der Waals surface area contributed by atoms with Crippen LogP contribution in [0.15, 0.2) is 24.3 Å². The second kappa shape index (κ2) is 8.89. The van der Waals surface area contributed by atoms with Crippen molar-refractivity contribution in [2.75, 3.05) is 33.4 Å². The zero-order chi connectivity index (χ0) is 16.7. The summed E-state index contributed by atoms with van der Waals surface area (Å²) >= 11 is 0. The van der Waals surface area contributed by atoms with E-state index in [0.717, 1.165) is 12.8 Å². The first kappa shape index (κ1) is 17.8. The highest BCUT2D eigenvalue weighted by atomic mass is 16.5. The van der Waals surface area contributed by atoms with Crippen LogP contribution in [-0.2, 0) is 15.9 Å². The minimum Gasteiger partial charge on any atom is -0.382 e. The summed E-state index contributed by atoms with van der Waals surface area (Å²) in [5.41, 5.74) is 2.50. The lowest BCUT2D eigenvalue weighted by Crippen LogP contribution is -2.52. The third-order valence-corrected chi connectivity index (χ3v) is 4.20. The van der Waals surface area contributed by atoms with Gasteiger partial charge in [-0.05, 0) is 25.3 Å². The van der Waals surface area contributed by atoms with E-state index in [1.54, 1.807) is 7.11 Å². The third kappa shape index (κ3) is 5.52. The van der Waals surface area contributed by atoms with Crippen LogP contribution in [0.25, 0.3) is 0 Å². The Morgan fingerprint density at radius 2 is 2.17 bits per heavy atom. The molecule has 1 aromatic carbocycles. The highest BCUT2D eigenvalue weighted by molar-refractivity contribution is 5.74. The van der Waals surface area contributed by atoms with Crippen LogP contribution in [0.2, 0.25) is 0 Å². The first-order valence-electron chi connectivity index (χ1n) is 8.34. The molecule has 1 aliphatic heterocycles. The van der Waals surface area contributed by atoms with Crippen molar-refractivity contribution in [3.63, 3.8) is 0 Å². The fourth-order valence-electron chi connectivity index (χ4n) is 2.76.